The van der Waals surface area contributed by atoms with Gasteiger partial charge in [0.25, 0.3) is 5.91 Å². The first kappa shape index (κ1) is 12.7. The Bertz CT molecular complexity index is 544. The highest BCUT2D eigenvalue weighted by Crippen LogP contribution is 2.24. The molecule has 0 bridgehead atoms. The zero-order valence-corrected chi connectivity index (χ0v) is 12.1. The number of rotatable bonds is 3. The van der Waals surface area contributed by atoms with E-state index in [4.69, 9.17) is 0 Å². The lowest BCUT2D eigenvalue weighted by Crippen LogP contribution is -2.36. The third-order valence-corrected chi connectivity index (χ3v) is 4.78. The van der Waals surface area contributed by atoms with Gasteiger partial charge in [0.05, 0.1) is 5.51 Å². The molecule has 1 aliphatic carbocycles. The standard InChI is InChI=1S/C13H15N3OS2/c17-12(15-9-4-2-1-3-5-9)10-7-19-13(16-10)11-6-18-8-14-11/h6-9H,1-5H2,(H,15,17). The number of aromatic nitrogens is 2. The third kappa shape index (κ3) is 3.01. The van der Waals surface area contributed by atoms with Crippen LogP contribution >= 0.6 is 22.7 Å². The minimum atomic E-state index is -0.0513. The Labute approximate surface area is 119 Å². The summed E-state index contributed by atoms with van der Waals surface area (Å²) in [5.74, 6) is -0.0513. The number of carbonyl (C=O) groups excluding carboxylic acids is 1. The van der Waals surface area contributed by atoms with Gasteiger partial charge in [0.15, 0.2) is 0 Å². The third-order valence-electron chi connectivity index (χ3n) is 3.33. The fourth-order valence-corrected chi connectivity index (χ4v) is 3.70. The van der Waals surface area contributed by atoms with Crippen LogP contribution in [0, 0.1) is 0 Å². The molecule has 19 heavy (non-hydrogen) atoms. The Balaban J connectivity index is 1.67. The Morgan fingerprint density at radius 1 is 1.26 bits per heavy atom. The highest BCUT2D eigenvalue weighted by Gasteiger charge is 2.18. The first-order valence-corrected chi connectivity index (χ1v) is 8.30. The molecule has 1 saturated carbocycles. The average Bonchev–Trinajstić information content (AvgIpc) is 3.11. The molecule has 1 amide bonds. The van der Waals surface area contributed by atoms with Gasteiger partial charge in [-0.25, -0.2) is 9.97 Å². The van der Waals surface area contributed by atoms with Gasteiger partial charge in [0, 0.05) is 16.8 Å². The number of nitrogens with zero attached hydrogens (tertiary/aromatic N) is 2. The smallest absolute Gasteiger partial charge is 0.270 e. The fourth-order valence-electron chi connectivity index (χ4n) is 2.32. The van der Waals surface area contributed by atoms with Crippen LogP contribution in [0.4, 0.5) is 0 Å². The van der Waals surface area contributed by atoms with Crippen molar-refractivity contribution in [2.24, 2.45) is 0 Å². The highest BCUT2D eigenvalue weighted by atomic mass is 32.1. The van der Waals surface area contributed by atoms with Crippen LogP contribution in [-0.4, -0.2) is 21.9 Å². The molecule has 6 heteroatoms. The molecule has 2 aromatic rings. The lowest BCUT2D eigenvalue weighted by atomic mass is 9.95. The van der Waals surface area contributed by atoms with Crippen LogP contribution in [-0.2, 0) is 0 Å². The second-order valence-corrected chi connectivity index (χ2v) is 6.30. The predicted octanol–water partition coefficient (Wildman–Crippen LogP) is 3.33. The molecule has 2 heterocycles. The van der Waals surface area contributed by atoms with Crippen LogP contribution in [0.1, 0.15) is 42.6 Å². The van der Waals surface area contributed by atoms with Gasteiger partial charge >= 0.3 is 0 Å². The molecule has 4 nitrogen and oxygen atoms in total. The van der Waals surface area contributed by atoms with E-state index in [0.29, 0.717) is 11.7 Å². The Morgan fingerprint density at radius 2 is 2.11 bits per heavy atom. The van der Waals surface area contributed by atoms with Crippen molar-refractivity contribution in [1.29, 1.82) is 0 Å². The van der Waals surface area contributed by atoms with Crippen LogP contribution in [0.25, 0.3) is 10.7 Å². The first-order chi connectivity index (χ1) is 9.33. The maximum atomic E-state index is 12.1. The molecule has 100 valence electrons. The minimum Gasteiger partial charge on any atom is -0.348 e. The SMILES string of the molecule is O=C(NC1CCCCC1)c1csc(-c2cscn2)n1. The molecule has 2 aromatic heterocycles. The van der Waals surface area contributed by atoms with Crippen LogP contribution in [0.5, 0.6) is 0 Å². The molecule has 1 N–H and O–H groups in total. The molecule has 0 unspecified atom stereocenters. The van der Waals surface area contributed by atoms with Crippen LogP contribution < -0.4 is 5.32 Å². The monoisotopic (exact) mass is 293 g/mol. The zero-order valence-electron chi connectivity index (χ0n) is 10.5. The van der Waals surface area contributed by atoms with Crippen molar-refractivity contribution in [1.82, 2.24) is 15.3 Å². The van der Waals surface area contributed by atoms with E-state index in [1.807, 2.05) is 10.8 Å². The molecular formula is C13H15N3OS2. The molecule has 0 aromatic carbocycles. The fraction of sp³-hybridized carbons (Fsp3) is 0.462. The molecule has 3 rings (SSSR count). The van der Waals surface area contributed by atoms with E-state index in [2.05, 4.69) is 15.3 Å². The van der Waals surface area contributed by atoms with E-state index in [0.717, 1.165) is 23.5 Å². The predicted molar refractivity (Wildman–Crippen MR) is 77.6 cm³/mol. The topological polar surface area (TPSA) is 54.9 Å². The first-order valence-electron chi connectivity index (χ1n) is 6.48. The molecule has 1 fully saturated rings. The number of nitrogens with one attached hydrogen (secondary N) is 1. The molecule has 0 radical (unpaired) electrons. The van der Waals surface area contributed by atoms with Gasteiger partial charge < -0.3 is 5.32 Å². The van der Waals surface area contributed by atoms with Crippen LogP contribution in [0.3, 0.4) is 0 Å². The summed E-state index contributed by atoms with van der Waals surface area (Å²) in [5, 5.41) is 7.65. The van der Waals surface area contributed by atoms with Crippen molar-refractivity contribution in [3.63, 3.8) is 0 Å². The van der Waals surface area contributed by atoms with Gasteiger partial charge in [-0.15, -0.1) is 22.7 Å². The number of hydrogen-bond donors (Lipinski definition) is 1. The van der Waals surface area contributed by atoms with Crippen molar-refractivity contribution in [2.75, 3.05) is 0 Å². The van der Waals surface area contributed by atoms with E-state index >= 15 is 0 Å². The van der Waals surface area contributed by atoms with E-state index < -0.39 is 0 Å². The number of hydrogen-bond acceptors (Lipinski definition) is 5. The van der Waals surface area contributed by atoms with Gasteiger partial charge in [0.2, 0.25) is 0 Å². The lowest BCUT2D eigenvalue weighted by molar-refractivity contribution is 0.0923. The second-order valence-electron chi connectivity index (χ2n) is 4.72. The maximum absolute atomic E-state index is 12.1. The number of carbonyl (C=O) groups is 1. The van der Waals surface area contributed by atoms with Gasteiger partial charge in [-0.05, 0) is 12.8 Å². The molecule has 1 aliphatic rings. The van der Waals surface area contributed by atoms with Crippen molar-refractivity contribution < 1.29 is 4.79 Å². The number of thiazole rings is 2. The highest BCUT2D eigenvalue weighted by molar-refractivity contribution is 7.14. The molecule has 0 aliphatic heterocycles. The van der Waals surface area contributed by atoms with E-state index in [-0.39, 0.29) is 5.91 Å². The summed E-state index contributed by atoms with van der Waals surface area (Å²) in [6.07, 6.45) is 5.90. The van der Waals surface area contributed by atoms with E-state index in [1.54, 1.807) is 5.51 Å². The summed E-state index contributed by atoms with van der Waals surface area (Å²) in [5.41, 5.74) is 3.14. The van der Waals surface area contributed by atoms with Gasteiger partial charge in [-0.2, -0.15) is 0 Å². The Morgan fingerprint density at radius 3 is 2.84 bits per heavy atom. The van der Waals surface area contributed by atoms with E-state index in [1.165, 1.54) is 41.9 Å². The quantitative estimate of drug-likeness (QED) is 0.944. The Kier molecular flexibility index (Phi) is 3.89. The van der Waals surface area contributed by atoms with Crippen molar-refractivity contribution >= 4 is 28.6 Å². The van der Waals surface area contributed by atoms with Crippen molar-refractivity contribution in [3.05, 3.63) is 22.0 Å². The average molecular weight is 293 g/mol. The summed E-state index contributed by atoms with van der Waals surface area (Å²) in [7, 11) is 0. The van der Waals surface area contributed by atoms with Gasteiger partial charge in [0.1, 0.15) is 16.4 Å². The minimum absolute atomic E-state index is 0.0513. The van der Waals surface area contributed by atoms with Crippen LogP contribution in [0.15, 0.2) is 16.3 Å². The summed E-state index contributed by atoms with van der Waals surface area (Å²) in [6.45, 7) is 0. The summed E-state index contributed by atoms with van der Waals surface area (Å²) in [6, 6.07) is 0.325. The molecule has 0 spiro atoms. The number of amides is 1. The molecule has 0 atom stereocenters. The second kappa shape index (κ2) is 5.79. The lowest BCUT2D eigenvalue weighted by Gasteiger charge is -2.22. The maximum Gasteiger partial charge on any atom is 0.270 e. The normalized spacial score (nSPS) is 16.4. The molecule has 0 saturated heterocycles. The van der Waals surface area contributed by atoms with Crippen LogP contribution in [0.2, 0.25) is 0 Å². The summed E-state index contributed by atoms with van der Waals surface area (Å²) >= 11 is 3.01. The van der Waals surface area contributed by atoms with Crippen molar-refractivity contribution in [3.8, 4) is 10.7 Å². The summed E-state index contributed by atoms with van der Waals surface area (Å²) in [4.78, 5) is 20.7. The largest absolute Gasteiger partial charge is 0.348 e. The molecular weight excluding hydrogens is 278 g/mol. The zero-order chi connectivity index (χ0) is 13.1. The van der Waals surface area contributed by atoms with Gasteiger partial charge in [-0.1, -0.05) is 19.3 Å². The van der Waals surface area contributed by atoms with Gasteiger partial charge in [-0.3, -0.25) is 4.79 Å². The summed E-state index contributed by atoms with van der Waals surface area (Å²) < 4.78 is 0. The van der Waals surface area contributed by atoms with E-state index in [9.17, 15) is 4.79 Å². The Hall–Kier alpha value is -1.27. The van der Waals surface area contributed by atoms with Crippen molar-refractivity contribution in [2.45, 2.75) is 38.1 Å².